The van der Waals surface area contributed by atoms with E-state index in [2.05, 4.69) is 0 Å². The van der Waals surface area contributed by atoms with E-state index in [0.29, 0.717) is 12.8 Å². The van der Waals surface area contributed by atoms with Crippen molar-refractivity contribution < 1.29 is 14.3 Å². The third-order valence-electron chi connectivity index (χ3n) is 3.93. The van der Waals surface area contributed by atoms with Crippen molar-refractivity contribution in [3.8, 4) is 11.5 Å². The number of Topliss-reactive ketones (excluding diaryl/α,β-unsaturated/α-hetero) is 1. The second kappa shape index (κ2) is 4.37. The number of hydrogen-bond acceptors (Lipinski definition) is 3. The lowest BCUT2D eigenvalue weighted by atomic mass is 10.0. The van der Waals surface area contributed by atoms with Crippen LogP contribution in [0.1, 0.15) is 11.1 Å². The van der Waals surface area contributed by atoms with E-state index < -0.39 is 12.2 Å². The molecule has 0 aromatic heterocycles. The number of carbonyl (C=O) groups is 1. The number of benzene rings is 2. The Morgan fingerprint density at radius 1 is 0.800 bits per heavy atom. The predicted molar refractivity (Wildman–Crippen MR) is 74.1 cm³/mol. The minimum atomic E-state index is -0.410. The summed E-state index contributed by atoms with van der Waals surface area (Å²) in [6, 6.07) is 15.6. The maximum atomic E-state index is 12.5. The molecule has 4 rings (SSSR count). The van der Waals surface area contributed by atoms with Crippen LogP contribution in [0.4, 0.5) is 0 Å². The lowest BCUT2D eigenvalue weighted by Gasteiger charge is -2.14. The van der Waals surface area contributed by atoms with Gasteiger partial charge in [-0.3, -0.25) is 4.79 Å². The third kappa shape index (κ3) is 1.78. The van der Waals surface area contributed by atoms with Crippen molar-refractivity contribution in [1.82, 2.24) is 0 Å². The van der Waals surface area contributed by atoms with Crippen LogP contribution in [-0.2, 0) is 17.6 Å². The van der Waals surface area contributed by atoms with Gasteiger partial charge in [-0.25, -0.2) is 0 Å². The van der Waals surface area contributed by atoms with Crippen molar-refractivity contribution in [3.63, 3.8) is 0 Å². The third-order valence-corrected chi connectivity index (χ3v) is 3.93. The van der Waals surface area contributed by atoms with Crippen molar-refractivity contribution in [2.75, 3.05) is 0 Å². The summed E-state index contributed by atoms with van der Waals surface area (Å²) in [6.07, 6.45) is 0.467. The molecule has 2 aliphatic rings. The van der Waals surface area contributed by atoms with Crippen molar-refractivity contribution in [2.45, 2.75) is 25.0 Å². The van der Waals surface area contributed by atoms with Crippen LogP contribution in [0.3, 0.4) is 0 Å². The Balaban J connectivity index is 1.51. The Morgan fingerprint density at radius 2 is 1.25 bits per heavy atom. The zero-order valence-corrected chi connectivity index (χ0v) is 10.9. The highest BCUT2D eigenvalue weighted by Crippen LogP contribution is 2.33. The standard InChI is InChI=1S/C17H14O3/c18-17(15-9-11-5-1-3-7-13(11)19-15)16-10-12-6-2-4-8-14(12)20-16/h1-8,15-16H,9-10H2. The van der Waals surface area contributed by atoms with E-state index in [1.807, 2.05) is 48.5 Å². The van der Waals surface area contributed by atoms with Gasteiger partial charge < -0.3 is 9.47 Å². The topological polar surface area (TPSA) is 35.5 Å². The maximum absolute atomic E-state index is 12.5. The summed E-state index contributed by atoms with van der Waals surface area (Å²) in [5, 5.41) is 0. The zero-order chi connectivity index (χ0) is 13.5. The van der Waals surface area contributed by atoms with E-state index in [0.717, 1.165) is 22.6 Å². The number of ether oxygens (including phenoxy) is 2. The van der Waals surface area contributed by atoms with E-state index >= 15 is 0 Å². The molecule has 0 saturated heterocycles. The molecule has 2 aromatic rings. The molecule has 3 heteroatoms. The van der Waals surface area contributed by atoms with Crippen LogP contribution < -0.4 is 9.47 Å². The first-order valence-corrected chi connectivity index (χ1v) is 6.84. The second-order valence-corrected chi connectivity index (χ2v) is 5.24. The monoisotopic (exact) mass is 266 g/mol. The predicted octanol–water partition coefficient (Wildman–Crippen LogP) is 2.56. The quantitative estimate of drug-likeness (QED) is 0.838. The Kier molecular flexibility index (Phi) is 2.52. The van der Waals surface area contributed by atoms with Gasteiger partial charge in [0.15, 0.2) is 12.2 Å². The molecule has 0 saturated carbocycles. The van der Waals surface area contributed by atoms with Crippen LogP contribution in [0.5, 0.6) is 11.5 Å². The fourth-order valence-electron chi connectivity index (χ4n) is 2.89. The largest absolute Gasteiger partial charge is 0.482 e. The second-order valence-electron chi connectivity index (χ2n) is 5.24. The molecule has 2 heterocycles. The molecular weight excluding hydrogens is 252 g/mol. The molecule has 2 aliphatic heterocycles. The lowest BCUT2D eigenvalue weighted by molar-refractivity contribution is -0.131. The number of hydrogen-bond donors (Lipinski definition) is 0. The summed E-state index contributed by atoms with van der Waals surface area (Å²) in [7, 11) is 0. The van der Waals surface area contributed by atoms with Crippen LogP contribution >= 0.6 is 0 Å². The van der Waals surface area contributed by atoms with Crippen LogP contribution in [0, 0.1) is 0 Å². The zero-order valence-electron chi connectivity index (χ0n) is 10.9. The van der Waals surface area contributed by atoms with Gasteiger partial charge in [0.2, 0.25) is 5.78 Å². The molecule has 0 bridgehead atoms. The number of rotatable bonds is 2. The molecule has 0 aliphatic carbocycles. The van der Waals surface area contributed by atoms with Gasteiger partial charge in [0.05, 0.1) is 0 Å². The van der Waals surface area contributed by atoms with Gasteiger partial charge in [-0.2, -0.15) is 0 Å². The average molecular weight is 266 g/mol. The molecule has 0 N–H and O–H groups in total. The van der Waals surface area contributed by atoms with Crippen molar-refractivity contribution in [1.29, 1.82) is 0 Å². The number of ketones is 1. The molecular formula is C17H14O3. The molecule has 0 radical (unpaired) electrons. The number of para-hydroxylation sites is 2. The Hall–Kier alpha value is -2.29. The molecule has 20 heavy (non-hydrogen) atoms. The normalized spacial score (nSPS) is 22.6. The molecule has 2 unspecified atom stereocenters. The van der Waals surface area contributed by atoms with Crippen LogP contribution in [0.15, 0.2) is 48.5 Å². The first-order chi connectivity index (χ1) is 9.81. The highest BCUT2D eigenvalue weighted by atomic mass is 16.5. The summed E-state index contributed by atoms with van der Waals surface area (Å²) >= 11 is 0. The maximum Gasteiger partial charge on any atom is 0.214 e. The SMILES string of the molecule is O=C(C1Cc2ccccc2O1)C1Cc2ccccc2O1. The van der Waals surface area contributed by atoms with E-state index in [1.165, 1.54) is 0 Å². The van der Waals surface area contributed by atoms with Gasteiger partial charge in [0.25, 0.3) is 0 Å². The first-order valence-electron chi connectivity index (χ1n) is 6.84. The van der Waals surface area contributed by atoms with Crippen LogP contribution in [-0.4, -0.2) is 18.0 Å². The minimum Gasteiger partial charge on any atom is -0.482 e. The van der Waals surface area contributed by atoms with E-state index in [4.69, 9.17) is 9.47 Å². The molecule has 100 valence electrons. The average Bonchev–Trinajstić information content (AvgIpc) is 3.10. The molecule has 2 atom stereocenters. The Labute approximate surface area is 117 Å². The smallest absolute Gasteiger partial charge is 0.214 e. The molecule has 2 aromatic carbocycles. The summed E-state index contributed by atoms with van der Waals surface area (Å²) < 4.78 is 11.5. The van der Waals surface area contributed by atoms with E-state index in [-0.39, 0.29) is 5.78 Å². The van der Waals surface area contributed by atoms with E-state index in [1.54, 1.807) is 0 Å². The van der Waals surface area contributed by atoms with Gasteiger partial charge in [-0.1, -0.05) is 36.4 Å². The highest BCUT2D eigenvalue weighted by Gasteiger charge is 2.37. The Morgan fingerprint density at radius 3 is 1.70 bits per heavy atom. The molecule has 0 spiro atoms. The van der Waals surface area contributed by atoms with Gasteiger partial charge in [0.1, 0.15) is 11.5 Å². The molecule has 0 amide bonds. The Bertz CT molecular complexity index is 570. The number of carbonyl (C=O) groups excluding carboxylic acids is 1. The van der Waals surface area contributed by atoms with Gasteiger partial charge in [0, 0.05) is 12.8 Å². The number of fused-ring (bicyclic) bond motifs is 2. The van der Waals surface area contributed by atoms with Gasteiger partial charge in [-0.05, 0) is 23.3 Å². The fraction of sp³-hybridized carbons (Fsp3) is 0.235. The van der Waals surface area contributed by atoms with Crippen molar-refractivity contribution in [2.24, 2.45) is 0 Å². The summed E-state index contributed by atoms with van der Waals surface area (Å²) in [6.45, 7) is 0. The van der Waals surface area contributed by atoms with Gasteiger partial charge in [-0.15, -0.1) is 0 Å². The van der Waals surface area contributed by atoms with Crippen LogP contribution in [0.2, 0.25) is 0 Å². The van der Waals surface area contributed by atoms with Crippen molar-refractivity contribution >= 4 is 5.78 Å². The molecule has 3 nitrogen and oxygen atoms in total. The lowest BCUT2D eigenvalue weighted by Crippen LogP contribution is -2.37. The minimum absolute atomic E-state index is 0.0393. The fourth-order valence-corrected chi connectivity index (χ4v) is 2.89. The first kappa shape index (κ1) is 11.5. The van der Waals surface area contributed by atoms with Gasteiger partial charge >= 0.3 is 0 Å². The summed E-state index contributed by atoms with van der Waals surface area (Å²) in [5.74, 6) is 1.68. The summed E-state index contributed by atoms with van der Waals surface area (Å²) in [4.78, 5) is 12.5. The summed E-state index contributed by atoms with van der Waals surface area (Å²) in [5.41, 5.74) is 2.20. The molecule has 0 fully saturated rings. The highest BCUT2D eigenvalue weighted by molar-refractivity contribution is 5.90. The van der Waals surface area contributed by atoms with Crippen LogP contribution in [0.25, 0.3) is 0 Å². The van der Waals surface area contributed by atoms with Crippen molar-refractivity contribution in [3.05, 3.63) is 59.7 Å². The van der Waals surface area contributed by atoms with E-state index in [9.17, 15) is 4.79 Å².